The quantitative estimate of drug-likeness (QED) is 0.322. The van der Waals surface area contributed by atoms with Crippen LogP contribution >= 0.6 is 11.3 Å². The molecule has 0 amide bonds. The summed E-state index contributed by atoms with van der Waals surface area (Å²) < 4.78 is 29.4. The molecule has 8 nitrogen and oxygen atoms in total. The van der Waals surface area contributed by atoms with Gasteiger partial charge < -0.3 is 14.0 Å². The van der Waals surface area contributed by atoms with E-state index in [9.17, 15) is 14.0 Å². The molecule has 5 aromatic rings. The van der Waals surface area contributed by atoms with Crippen LogP contribution in [0, 0.1) is 25.6 Å². The standard InChI is InChI=1S/C28H25FN4O4S/c1-16-11-31(15-30-16)22-9-4-19(10-23(22)36-3)25-17(2)24-26(34)33(21-7-5-20(29)6-8-21)28(35)32(27(24)38-25)12-18-13-37-14-18/h4-11,15,18H,12-14H2,1-3H3. The van der Waals surface area contributed by atoms with Crippen LogP contribution in [-0.2, 0) is 11.3 Å². The SMILES string of the molecule is COc1cc(-c2sc3c(c2C)c(=O)n(-c2ccc(F)cc2)c(=O)n3CC2COC2)ccc1-n1cnc(C)c1. The Morgan fingerprint density at radius 1 is 1.13 bits per heavy atom. The van der Waals surface area contributed by atoms with E-state index < -0.39 is 17.1 Å². The molecule has 0 unspecified atom stereocenters. The molecule has 3 aromatic heterocycles. The number of fused-ring (bicyclic) bond motifs is 1. The first-order valence-corrected chi connectivity index (χ1v) is 13.0. The van der Waals surface area contributed by atoms with Crippen LogP contribution in [0.2, 0.25) is 0 Å². The number of halogens is 1. The molecule has 0 N–H and O–H groups in total. The summed E-state index contributed by atoms with van der Waals surface area (Å²) in [6.45, 7) is 5.37. The maximum absolute atomic E-state index is 13.8. The zero-order valence-electron chi connectivity index (χ0n) is 21.1. The summed E-state index contributed by atoms with van der Waals surface area (Å²) in [5.74, 6) is 0.399. The van der Waals surface area contributed by atoms with Gasteiger partial charge in [-0.15, -0.1) is 11.3 Å². The summed E-state index contributed by atoms with van der Waals surface area (Å²) in [4.78, 5) is 33.3. The molecule has 1 aliphatic heterocycles. The Kier molecular flexibility index (Phi) is 6.00. The smallest absolute Gasteiger partial charge is 0.336 e. The highest BCUT2D eigenvalue weighted by atomic mass is 32.1. The fourth-order valence-corrected chi connectivity index (χ4v) is 6.13. The van der Waals surface area contributed by atoms with Gasteiger partial charge in [0.15, 0.2) is 0 Å². The lowest BCUT2D eigenvalue weighted by Crippen LogP contribution is -2.42. The minimum Gasteiger partial charge on any atom is -0.495 e. The third kappa shape index (κ3) is 3.97. The summed E-state index contributed by atoms with van der Waals surface area (Å²) in [6.07, 6.45) is 3.65. The van der Waals surface area contributed by atoms with Crippen molar-refractivity contribution >= 4 is 21.6 Å². The monoisotopic (exact) mass is 532 g/mol. The highest BCUT2D eigenvalue weighted by Crippen LogP contribution is 2.39. The number of nitrogens with zero attached hydrogens (tertiary/aromatic N) is 4. The van der Waals surface area contributed by atoms with Gasteiger partial charge in [0.1, 0.15) is 16.4 Å². The van der Waals surface area contributed by atoms with Gasteiger partial charge in [-0.1, -0.05) is 6.07 Å². The Balaban J connectivity index is 1.57. The van der Waals surface area contributed by atoms with Crippen molar-refractivity contribution in [1.29, 1.82) is 0 Å². The number of ether oxygens (including phenoxy) is 2. The topological polar surface area (TPSA) is 80.3 Å². The zero-order valence-corrected chi connectivity index (χ0v) is 21.9. The van der Waals surface area contributed by atoms with Gasteiger partial charge in [-0.05, 0) is 61.4 Å². The number of benzene rings is 2. The van der Waals surface area contributed by atoms with E-state index in [0.717, 1.165) is 32.0 Å². The molecule has 0 spiro atoms. The third-order valence-corrected chi connectivity index (χ3v) is 8.24. The molecule has 2 aromatic carbocycles. The molecule has 0 radical (unpaired) electrons. The maximum atomic E-state index is 13.8. The van der Waals surface area contributed by atoms with Crippen molar-refractivity contribution in [2.45, 2.75) is 20.4 Å². The molecular formula is C28H25FN4O4S. The minimum absolute atomic E-state index is 0.180. The van der Waals surface area contributed by atoms with Crippen LogP contribution in [0.4, 0.5) is 4.39 Å². The predicted octanol–water partition coefficient (Wildman–Crippen LogP) is 4.48. The van der Waals surface area contributed by atoms with Crippen LogP contribution in [0.5, 0.6) is 5.75 Å². The molecule has 0 aliphatic carbocycles. The number of aromatic nitrogens is 4. The van der Waals surface area contributed by atoms with Crippen LogP contribution < -0.4 is 16.0 Å². The third-order valence-electron chi connectivity index (χ3n) is 6.88. The number of hydrogen-bond donors (Lipinski definition) is 0. The minimum atomic E-state index is -0.447. The summed E-state index contributed by atoms with van der Waals surface area (Å²) in [5.41, 5.74) is 2.85. The lowest BCUT2D eigenvalue weighted by molar-refractivity contribution is -0.0394. The van der Waals surface area contributed by atoms with Crippen molar-refractivity contribution in [2.24, 2.45) is 5.92 Å². The summed E-state index contributed by atoms with van der Waals surface area (Å²) in [7, 11) is 1.61. The predicted molar refractivity (Wildman–Crippen MR) is 145 cm³/mol. The second kappa shape index (κ2) is 9.38. The first-order chi connectivity index (χ1) is 18.4. The molecule has 0 bridgehead atoms. The molecule has 1 saturated heterocycles. The summed E-state index contributed by atoms with van der Waals surface area (Å²) in [5, 5.41) is 0.474. The summed E-state index contributed by atoms with van der Waals surface area (Å²) in [6, 6.07) is 11.3. The Labute approximate surface area is 221 Å². The molecule has 10 heteroatoms. The highest BCUT2D eigenvalue weighted by Gasteiger charge is 2.26. The molecule has 6 rings (SSSR count). The van der Waals surface area contributed by atoms with Crippen molar-refractivity contribution < 1.29 is 13.9 Å². The van der Waals surface area contributed by atoms with Crippen LogP contribution in [0.25, 0.3) is 32.0 Å². The fraction of sp³-hybridized carbons (Fsp3) is 0.250. The number of rotatable bonds is 6. The van der Waals surface area contributed by atoms with E-state index in [2.05, 4.69) is 4.98 Å². The van der Waals surface area contributed by atoms with Crippen molar-refractivity contribution in [3.8, 4) is 27.6 Å². The van der Waals surface area contributed by atoms with E-state index in [-0.39, 0.29) is 5.92 Å². The maximum Gasteiger partial charge on any atom is 0.336 e. The van der Waals surface area contributed by atoms with Gasteiger partial charge in [0.25, 0.3) is 5.56 Å². The van der Waals surface area contributed by atoms with Gasteiger partial charge in [-0.25, -0.2) is 18.7 Å². The molecular weight excluding hydrogens is 507 g/mol. The van der Waals surface area contributed by atoms with Gasteiger partial charge in [0, 0.05) is 23.5 Å². The van der Waals surface area contributed by atoms with Gasteiger partial charge >= 0.3 is 5.69 Å². The average Bonchev–Trinajstić information content (AvgIpc) is 3.47. The lowest BCUT2D eigenvalue weighted by atomic mass is 10.1. The zero-order chi connectivity index (χ0) is 26.6. The lowest BCUT2D eigenvalue weighted by Gasteiger charge is -2.27. The van der Waals surface area contributed by atoms with E-state index in [4.69, 9.17) is 9.47 Å². The van der Waals surface area contributed by atoms with Gasteiger partial charge in [0.05, 0.1) is 49.1 Å². The molecule has 38 heavy (non-hydrogen) atoms. The van der Waals surface area contributed by atoms with E-state index in [1.54, 1.807) is 18.0 Å². The van der Waals surface area contributed by atoms with Crippen molar-refractivity contribution in [3.05, 3.63) is 92.9 Å². The van der Waals surface area contributed by atoms with E-state index in [1.165, 1.54) is 35.6 Å². The highest BCUT2D eigenvalue weighted by molar-refractivity contribution is 7.22. The Bertz CT molecular complexity index is 1790. The van der Waals surface area contributed by atoms with E-state index in [1.807, 2.05) is 42.8 Å². The Morgan fingerprint density at radius 2 is 1.89 bits per heavy atom. The van der Waals surface area contributed by atoms with E-state index >= 15 is 0 Å². The van der Waals surface area contributed by atoms with Crippen LogP contribution in [0.3, 0.4) is 0 Å². The second-order valence-corrected chi connectivity index (χ2v) is 10.5. The van der Waals surface area contributed by atoms with Gasteiger partial charge in [0.2, 0.25) is 0 Å². The average molecular weight is 533 g/mol. The van der Waals surface area contributed by atoms with Crippen LogP contribution in [0.15, 0.2) is 64.6 Å². The van der Waals surface area contributed by atoms with E-state index in [0.29, 0.717) is 41.4 Å². The van der Waals surface area contributed by atoms with Gasteiger partial charge in [-0.2, -0.15) is 0 Å². The van der Waals surface area contributed by atoms with Crippen molar-refractivity contribution in [1.82, 2.24) is 18.7 Å². The van der Waals surface area contributed by atoms with Crippen LogP contribution in [0.1, 0.15) is 11.3 Å². The molecule has 4 heterocycles. The Morgan fingerprint density at radius 3 is 2.53 bits per heavy atom. The molecule has 1 fully saturated rings. The largest absolute Gasteiger partial charge is 0.495 e. The van der Waals surface area contributed by atoms with Crippen molar-refractivity contribution in [3.63, 3.8) is 0 Å². The number of aryl methyl sites for hydroxylation is 2. The van der Waals surface area contributed by atoms with Crippen molar-refractivity contribution in [2.75, 3.05) is 20.3 Å². The fourth-order valence-electron chi connectivity index (χ4n) is 4.83. The molecule has 0 atom stereocenters. The molecule has 1 aliphatic rings. The first-order valence-electron chi connectivity index (χ1n) is 12.2. The summed E-state index contributed by atoms with van der Waals surface area (Å²) >= 11 is 1.41. The number of thiophene rings is 1. The number of methoxy groups -OCH3 is 1. The number of imidazole rings is 1. The Hall–Kier alpha value is -4.02. The normalized spacial score (nSPS) is 13.7. The van der Waals surface area contributed by atoms with Crippen LogP contribution in [-0.4, -0.2) is 39.0 Å². The molecule has 194 valence electrons. The van der Waals surface area contributed by atoms with Gasteiger partial charge in [-0.3, -0.25) is 9.36 Å². The number of hydrogen-bond acceptors (Lipinski definition) is 6. The first kappa shape index (κ1) is 24.3. The molecule has 0 saturated carbocycles. The second-order valence-electron chi connectivity index (χ2n) is 9.46.